The van der Waals surface area contributed by atoms with Gasteiger partial charge in [0.05, 0.1) is 5.60 Å². The summed E-state index contributed by atoms with van der Waals surface area (Å²) in [6, 6.07) is 3.94. The van der Waals surface area contributed by atoms with Crippen LogP contribution in [0.25, 0.3) is 0 Å². The van der Waals surface area contributed by atoms with E-state index in [0.29, 0.717) is 19.5 Å². The van der Waals surface area contributed by atoms with Gasteiger partial charge in [0.1, 0.15) is 0 Å². The summed E-state index contributed by atoms with van der Waals surface area (Å²) in [6.07, 6.45) is 2.43. The average molecular weight is 178 g/mol. The van der Waals surface area contributed by atoms with E-state index in [4.69, 9.17) is 0 Å². The Morgan fingerprint density at radius 2 is 2.38 bits per heavy atom. The van der Waals surface area contributed by atoms with E-state index in [1.54, 1.807) is 6.20 Å². The van der Waals surface area contributed by atoms with Crippen LogP contribution in [-0.2, 0) is 6.42 Å². The van der Waals surface area contributed by atoms with Crippen LogP contribution in [0.2, 0.25) is 0 Å². The number of rotatable bonds is 2. The van der Waals surface area contributed by atoms with E-state index in [1.165, 1.54) is 0 Å². The van der Waals surface area contributed by atoms with Gasteiger partial charge in [0.2, 0.25) is 0 Å². The third-order valence-electron chi connectivity index (χ3n) is 2.52. The molecule has 1 aromatic heterocycles. The van der Waals surface area contributed by atoms with Crippen molar-refractivity contribution in [2.75, 3.05) is 13.1 Å². The van der Waals surface area contributed by atoms with Crippen molar-refractivity contribution in [3.8, 4) is 0 Å². The zero-order valence-corrected chi connectivity index (χ0v) is 7.75. The summed E-state index contributed by atoms with van der Waals surface area (Å²) in [5.41, 5.74) is 1.60. The molecule has 1 fully saturated rings. The normalized spacial score (nSPS) is 19.5. The second kappa shape index (κ2) is 3.09. The molecule has 3 heteroatoms. The number of hydrogen-bond acceptors (Lipinski definition) is 3. The smallest absolute Gasteiger partial charge is 0.0950 e. The summed E-state index contributed by atoms with van der Waals surface area (Å²) in [7, 11) is 0. The first-order chi connectivity index (χ1) is 6.20. The van der Waals surface area contributed by atoms with Gasteiger partial charge in [-0.3, -0.25) is 4.98 Å². The van der Waals surface area contributed by atoms with Crippen molar-refractivity contribution in [2.24, 2.45) is 0 Å². The summed E-state index contributed by atoms with van der Waals surface area (Å²) in [5.74, 6) is 0. The van der Waals surface area contributed by atoms with Crippen LogP contribution in [0, 0.1) is 6.92 Å². The minimum absolute atomic E-state index is 0.556. The summed E-state index contributed by atoms with van der Waals surface area (Å²) in [6.45, 7) is 3.39. The molecule has 70 valence electrons. The fourth-order valence-electron chi connectivity index (χ4n) is 1.55. The van der Waals surface area contributed by atoms with Gasteiger partial charge >= 0.3 is 0 Å². The first-order valence-corrected chi connectivity index (χ1v) is 4.53. The van der Waals surface area contributed by atoms with E-state index in [0.717, 1.165) is 11.3 Å². The predicted octanol–water partition coefficient (Wildman–Crippen LogP) is 0.267. The number of nitrogens with one attached hydrogen (secondary N) is 1. The maximum absolute atomic E-state index is 9.89. The molecule has 1 saturated heterocycles. The Morgan fingerprint density at radius 3 is 2.92 bits per heavy atom. The molecule has 0 aromatic carbocycles. The van der Waals surface area contributed by atoms with Gasteiger partial charge in [-0.05, 0) is 18.6 Å². The van der Waals surface area contributed by atoms with Crippen LogP contribution in [0.15, 0.2) is 18.3 Å². The van der Waals surface area contributed by atoms with E-state index >= 15 is 0 Å². The molecule has 0 radical (unpaired) electrons. The number of aromatic nitrogens is 1. The van der Waals surface area contributed by atoms with Gasteiger partial charge in [-0.1, -0.05) is 6.07 Å². The predicted molar refractivity (Wildman–Crippen MR) is 50.5 cm³/mol. The molecule has 0 amide bonds. The molecule has 0 saturated carbocycles. The van der Waals surface area contributed by atoms with Crippen molar-refractivity contribution in [2.45, 2.75) is 18.9 Å². The molecule has 1 aliphatic heterocycles. The number of pyridine rings is 1. The summed E-state index contributed by atoms with van der Waals surface area (Å²) < 4.78 is 0. The lowest BCUT2D eigenvalue weighted by Gasteiger charge is -2.37. The quantitative estimate of drug-likeness (QED) is 0.683. The molecule has 13 heavy (non-hydrogen) atoms. The minimum Gasteiger partial charge on any atom is -0.387 e. The van der Waals surface area contributed by atoms with Crippen LogP contribution in [0.5, 0.6) is 0 Å². The lowest BCUT2D eigenvalue weighted by Crippen LogP contribution is -2.60. The highest BCUT2D eigenvalue weighted by Gasteiger charge is 2.34. The second-order valence-electron chi connectivity index (χ2n) is 3.77. The van der Waals surface area contributed by atoms with E-state index < -0.39 is 5.60 Å². The maximum atomic E-state index is 9.89. The van der Waals surface area contributed by atoms with Gasteiger partial charge in [-0.25, -0.2) is 0 Å². The Labute approximate surface area is 77.8 Å². The van der Waals surface area contributed by atoms with E-state index in [2.05, 4.69) is 10.3 Å². The van der Waals surface area contributed by atoms with Crippen molar-refractivity contribution in [3.05, 3.63) is 29.6 Å². The Kier molecular flexibility index (Phi) is 2.06. The Balaban J connectivity index is 2.13. The maximum Gasteiger partial charge on any atom is 0.0950 e. The van der Waals surface area contributed by atoms with Crippen LogP contribution in [0.3, 0.4) is 0 Å². The number of hydrogen-bond donors (Lipinski definition) is 2. The van der Waals surface area contributed by atoms with E-state index in [1.807, 2.05) is 19.1 Å². The van der Waals surface area contributed by atoms with Gasteiger partial charge in [0.15, 0.2) is 0 Å². The first kappa shape index (κ1) is 8.66. The second-order valence-corrected chi connectivity index (χ2v) is 3.77. The SMILES string of the molecule is Cc1cccnc1CC1(O)CNC1. The molecule has 2 rings (SSSR count). The number of nitrogens with zero attached hydrogens (tertiary/aromatic N) is 1. The molecular weight excluding hydrogens is 164 g/mol. The molecule has 0 unspecified atom stereocenters. The van der Waals surface area contributed by atoms with Gasteiger partial charge in [0, 0.05) is 31.4 Å². The Morgan fingerprint density at radius 1 is 1.62 bits per heavy atom. The number of aryl methyl sites for hydroxylation is 1. The molecular formula is C10H14N2O. The van der Waals surface area contributed by atoms with Gasteiger partial charge in [-0.15, -0.1) is 0 Å². The molecule has 1 aromatic rings. The molecule has 0 bridgehead atoms. The molecule has 0 atom stereocenters. The van der Waals surface area contributed by atoms with Gasteiger partial charge in [-0.2, -0.15) is 0 Å². The van der Waals surface area contributed by atoms with Crippen LogP contribution in [0.1, 0.15) is 11.3 Å². The third kappa shape index (κ3) is 1.71. The van der Waals surface area contributed by atoms with Crippen LogP contribution < -0.4 is 5.32 Å². The lowest BCUT2D eigenvalue weighted by molar-refractivity contribution is -0.00994. The Hall–Kier alpha value is -0.930. The lowest BCUT2D eigenvalue weighted by atomic mass is 9.90. The summed E-state index contributed by atoms with van der Waals surface area (Å²) >= 11 is 0. The highest BCUT2D eigenvalue weighted by molar-refractivity contribution is 5.20. The topological polar surface area (TPSA) is 45.2 Å². The zero-order chi connectivity index (χ0) is 9.31. The van der Waals surface area contributed by atoms with Crippen molar-refractivity contribution >= 4 is 0 Å². The Bertz CT molecular complexity index is 308. The number of β-amino-alcohol motifs (C(OH)–C–C–N with tert-alkyl or cyclic N) is 1. The first-order valence-electron chi connectivity index (χ1n) is 4.53. The monoisotopic (exact) mass is 178 g/mol. The van der Waals surface area contributed by atoms with Crippen LogP contribution >= 0.6 is 0 Å². The summed E-state index contributed by atoms with van der Waals surface area (Å²) in [5, 5.41) is 12.9. The van der Waals surface area contributed by atoms with E-state index in [9.17, 15) is 5.11 Å². The van der Waals surface area contributed by atoms with Crippen molar-refractivity contribution < 1.29 is 5.11 Å². The van der Waals surface area contributed by atoms with Crippen molar-refractivity contribution in [1.82, 2.24) is 10.3 Å². The highest BCUT2D eigenvalue weighted by atomic mass is 16.3. The minimum atomic E-state index is -0.556. The molecule has 3 nitrogen and oxygen atoms in total. The van der Waals surface area contributed by atoms with Crippen molar-refractivity contribution in [3.63, 3.8) is 0 Å². The third-order valence-corrected chi connectivity index (χ3v) is 2.52. The molecule has 0 aliphatic carbocycles. The fourth-order valence-corrected chi connectivity index (χ4v) is 1.55. The molecule has 2 heterocycles. The number of aliphatic hydroxyl groups is 1. The standard InChI is InChI=1S/C10H14N2O/c1-8-3-2-4-12-9(8)5-10(13)6-11-7-10/h2-4,11,13H,5-7H2,1H3. The van der Waals surface area contributed by atoms with Gasteiger partial charge in [0.25, 0.3) is 0 Å². The molecule has 2 N–H and O–H groups in total. The van der Waals surface area contributed by atoms with Crippen molar-refractivity contribution in [1.29, 1.82) is 0 Å². The van der Waals surface area contributed by atoms with Crippen LogP contribution in [0.4, 0.5) is 0 Å². The zero-order valence-electron chi connectivity index (χ0n) is 7.75. The molecule has 0 spiro atoms. The largest absolute Gasteiger partial charge is 0.387 e. The summed E-state index contributed by atoms with van der Waals surface area (Å²) in [4.78, 5) is 4.26. The average Bonchev–Trinajstić information content (AvgIpc) is 2.06. The van der Waals surface area contributed by atoms with E-state index in [-0.39, 0.29) is 0 Å². The fraction of sp³-hybridized carbons (Fsp3) is 0.500. The van der Waals surface area contributed by atoms with Gasteiger partial charge < -0.3 is 10.4 Å². The highest BCUT2D eigenvalue weighted by Crippen LogP contribution is 2.18. The van der Waals surface area contributed by atoms with Crippen LogP contribution in [-0.4, -0.2) is 28.8 Å². The molecule has 1 aliphatic rings.